The highest BCUT2D eigenvalue weighted by Gasteiger charge is 2.15. The number of fused-ring (bicyclic) bond motifs is 1. The van der Waals surface area contributed by atoms with Crippen molar-refractivity contribution in [2.24, 2.45) is 0 Å². The number of nitriles is 1. The third kappa shape index (κ3) is 6.73. The molecule has 0 saturated heterocycles. The predicted molar refractivity (Wildman–Crippen MR) is 150 cm³/mol. The Kier molecular flexibility index (Phi) is 8.89. The van der Waals surface area contributed by atoms with Crippen molar-refractivity contribution in [2.45, 2.75) is 20.0 Å². The van der Waals surface area contributed by atoms with Crippen LogP contribution in [-0.4, -0.2) is 24.0 Å². The van der Waals surface area contributed by atoms with Gasteiger partial charge in [0.2, 0.25) is 0 Å². The molecule has 2 N–H and O–H groups in total. The molecule has 1 heterocycles. The normalized spacial score (nSPS) is 11.2. The van der Waals surface area contributed by atoms with Gasteiger partial charge >= 0.3 is 0 Å². The maximum atomic E-state index is 12.7. The van der Waals surface area contributed by atoms with Crippen molar-refractivity contribution in [1.82, 2.24) is 10.3 Å². The van der Waals surface area contributed by atoms with E-state index in [4.69, 9.17) is 21.1 Å². The molecular formula is C29H25BrClN3O3. The first kappa shape index (κ1) is 26.3. The van der Waals surface area contributed by atoms with Gasteiger partial charge in [0.15, 0.2) is 11.5 Å². The van der Waals surface area contributed by atoms with Gasteiger partial charge in [0.1, 0.15) is 18.2 Å². The third-order valence-corrected chi connectivity index (χ3v) is 6.47. The lowest BCUT2D eigenvalue weighted by Crippen LogP contribution is -2.26. The number of carbonyl (C=O) groups is 1. The third-order valence-electron chi connectivity index (χ3n) is 5.66. The van der Waals surface area contributed by atoms with Crippen LogP contribution in [0.3, 0.4) is 0 Å². The molecule has 0 atom stereocenters. The van der Waals surface area contributed by atoms with E-state index in [0.717, 1.165) is 26.5 Å². The van der Waals surface area contributed by atoms with Crippen molar-refractivity contribution >= 4 is 50.4 Å². The van der Waals surface area contributed by atoms with Gasteiger partial charge in [-0.3, -0.25) is 4.79 Å². The average Bonchev–Trinajstić information content (AvgIpc) is 3.31. The van der Waals surface area contributed by atoms with E-state index in [0.29, 0.717) is 48.3 Å². The molecule has 0 unspecified atom stereocenters. The maximum Gasteiger partial charge on any atom is 0.261 e. The molecule has 8 heteroatoms. The van der Waals surface area contributed by atoms with Crippen LogP contribution in [0.5, 0.6) is 11.5 Å². The standard InChI is InChI=1S/C29H25BrClN3O3/c1-2-36-27-15-20(14-25(31)28(27)37-18-19-7-9-23(30)10-8-19)13-22(16-32)29(35)33-12-11-21-17-34-26-6-4-3-5-24(21)26/h3-10,13-15,17,34H,2,11-12,18H2,1H3,(H,33,35)/b22-13-. The summed E-state index contributed by atoms with van der Waals surface area (Å²) in [7, 11) is 0. The van der Waals surface area contributed by atoms with Gasteiger partial charge in [0.25, 0.3) is 5.91 Å². The molecule has 37 heavy (non-hydrogen) atoms. The minimum absolute atomic E-state index is 0.0269. The van der Waals surface area contributed by atoms with Crippen molar-refractivity contribution in [3.63, 3.8) is 0 Å². The summed E-state index contributed by atoms with van der Waals surface area (Å²) in [5, 5.41) is 13.9. The number of carbonyl (C=O) groups excluding carboxylic acids is 1. The van der Waals surface area contributed by atoms with Crippen molar-refractivity contribution in [3.05, 3.63) is 98.6 Å². The van der Waals surface area contributed by atoms with Crippen molar-refractivity contribution in [1.29, 1.82) is 5.26 Å². The van der Waals surface area contributed by atoms with Crippen molar-refractivity contribution < 1.29 is 14.3 Å². The molecule has 0 aliphatic heterocycles. The van der Waals surface area contributed by atoms with Crippen LogP contribution in [0.4, 0.5) is 0 Å². The molecule has 0 spiro atoms. The smallest absolute Gasteiger partial charge is 0.261 e. The zero-order valence-corrected chi connectivity index (χ0v) is 22.5. The molecule has 0 aliphatic carbocycles. The highest BCUT2D eigenvalue weighted by molar-refractivity contribution is 9.10. The zero-order valence-electron chi connectivity index (χ0n) is 20.2. The molecule has 0 aliphatic rings. The first-order valence-electron chi connectivity index (χ1n) is 11.8. The van der Waals surface area contributed by atoms with Crippen LogP contribution in [0, 0.1) is 11.3 Å². The van der Waals surface area contributed by atoms with Gasteiger partial charge in [0, 0.05) is 28.1 Å². The van der Waals surface area contributed by atoms with Gasteiger partial charge in [-0.15, -0.1) is 0 Å². The topological polar surface area (TPSA) is 87.1 Å². The number of rotatable bonds is 10. The van der Waals surface area contributed by atoms with Gasteiger partial charge in [-0.05, 0) is 66.4 Å². The first-order valence-corrected chi connectivity index (χ1v) is 12.9. The summed E-state index contributed by atoms with van der Waals surface area (Å²) in [5.74, 6) is 0.396. The van der Waals surface area contributed by atoms with Crippen LogP contribution in [0.1, 0.15) is 23.6 Å². The Hall–Kier alpha value is -3.73. The molecule has 3 aromatic carbocycles. The second-order valence-corrected chi connectivity index (χ2v) is 9.54. The summed E-state index contributed by atoms with van der Waals surface area (Å²) < 4.78 is 12.7. The Bertz CT molecular complexity index is 1470. The van der Waals surface area contributed by atoms with Gasteiger partial charge < -0.3 is 19.8 Å². The van der Waals surface area contributed by atoms with E-state index >= 15 is 0 Å². The van der Waals surface area contributed by atoms with E-state index in [1.54, 1.807) is 12.1 Å². The first-order chi connectivity index (χ1) is 18.0. The predicted octanol–water partition coefficient (Wildman–Crippen LogP) is 6.83. The Morgan fingerprint density at radius 3 is 2.70 bits per heavy atom. The lowest BCUT2D eigenvalue weighted by Gasteiger charge is -2.15. The summed E-state index contributed by atoms with van der Waals surface area (Å²) in [6, 6.07) is 21.1. The number of hydrogen-bond acceptors (Lipinski definition) is 4. The second kappa shape index (κ2) is 12.5. The molecule has 6 nitrogen and oxygen atoms in total. The SMILES string of the molecule is CCOc1cc(/C=C(/C#N)C(=O)NCCc2c[nH]c3ccccc23)cc(Cl)c1OCc1ccc(Br)cc1. The number of aromatic nitrogens is 1. The Morgan fingerprint density at radius 2 is 1.95 bits per heavy atom. The van der Waals surface area contributed by atoms with Crippen LogP contribution in [0.25, 0.3) is 17.0 Å². The fourth-order valence-corrected chi connectivity index (χ4v) is 4.41. The fraction of sp³-hybridized carbons (Fsp3) is 0.172. The van der Waals surface area contributed by atoms with Crippen LogP contribution in [0.2, 0.25) is 5.02 Å². The molecule has 188 valence electrons. The minimum atomic E-state index is -0.452. The number of halogens is 2. The monoisotopic (exact) mass is 577 g/mol. The summed E-state index contributed by atoms with van der Waals surface area (Å²) in [6.07, 6.45) is 4.07. The van der Waals surface area contributed by atoms with Crippen molar-refractivity contribution in [3.8, 4) is 17.6 Å². The average molecular weight is 579 g/mol. The minimum Gasteiger partial charge on any atom is -0.490 e. The Balaban J connectivity index is 1.45. The number of aromatic amines is 1. The molecule has 4 aromatic rings. The number of para-hydroxylation sites is 1. The van der Waals surface area contributed by atoms with E-state index in [1.807, 2.05) is 67.7 Å². The van der Waals surface area contributed by atoms with Crippen LogP contribution < -0.4 is 14.8 Å². The van der Waals surface area contributed by atoms with Crippen molar-refractivity contribution in [2.75, 3.05) is 13.2 Å². The Morgan fingerprint density at radius 1 is 1.16 bits per heavy atom. The summed E-state index contributed by atoms with van der Waals surface area (Å²) in [6.45, 7) is 2.96. The highest BCUT2D eigenvalue weighted by atomic mass is 79.9. The molecular weight excluding hydrogens is 554 g/mol. The number of H-pyrrole nitrogens is 1. The molecule has 0 saturated carbocycles. The van der Waals surface area contributed by atoms with Gasteiger partial charge in [-0.1, -0.05) is 57.9 Å². The van der Waals surface area contributed by atoms with Gasteiger partial charge in [-0.2, -0.15) is 5.26 Å². The molecule has 1 aromatic heterocycles. The summed E-state index contributed by atoms with van der Waals surface area (Å²) in [4.78, 5) is 15.9. The number of ether oxygens (including phenoxy) is 2. The number of amides is 1. The number of benzene rings is 3. The number of nitrogens with zero attached hydrogens (tertiary/aromatic N) is 1. The van der Waals surface area contributed by atoms with E-state index in [9.17, 15) is 10.1 Å². The largest absolute Gasteiger partial charge is 0.490 e. The highest BCUT2D eigenvalue weighted by Crippen LogP contribution is 2.38. The second-order valence-electron chi connectivity index (χ2n) is 8.21. The number of hydrogen-bond donors (Lipinski definition) is 2. The van der Waals surface area contributed by atoms with Crippen LogP contribution >= 0.6 is 27.5 Å². The van der Waals surface area contributed by atoms with Gasteiger partial charge in [0.05, 0.1) is 11.6 Å². The van der Waals surface area contributed by atoms with E-state index < -0.39 is 5.91 Å². The zero-order chi connectivity index (χ0) is 26.2. The lowest BCUT2D eigenvalue weighted by molar-refractivity contribution is -0.117. The van der Waals surface area contributed by atoms with E-state index in [2.05, 4.69) is 26.2 Å². The van der Waals surface area contributed by atoms with Gasteiger partial charge in [-0.25, -0.2) is 0 Å². The van der Waals surface area contributed by atoms with E-state index in [-0.39, 0.29) is 5.57 Å². The Labute approximate surface area is 229 Å². The fourth-order valence-electron chi connectivity index (χ4n) is 3.87. The quantitative estimate of drug-likeness (QED) is 0.160. The molecule has 0 radical (unpaired) electrons. The number of nitrogens with one attached hydrogen (secondary N) is 2. The molecule has 1 amide bonds. The lowest BCUT2D eigenvalue weighted by atomic mass is 10.1. The van der Waals surface area contributed by atoms with Crippen LogP contribution in [-0.2, 0) is 17.8 Å². The molecule has 0 fully saturated rings. The van der Waals surface area contributed by atoms with Crippen LogP contribution in [0.15, 0.2) is 76.9 Å². The molecule has 0 bridgehead atoms. The molecule has 4 rings (SSSR count). The summed E-state index contributed by atoms with van der Waals surface area (Å²) in [5.41, 5.74) is 3.66. The summed E-state index contributed by atoms with van der Waals surface area (Å²) >= 11 is 9.95. The van der Waals surface area contributed by atoms with E-state index in [1.165, 1.54) is 6.08 Å². The maximum absolute atomic E-state index is 12.7.